The predicted octanol–water partition coefficient (Wildman–Crippen LogP) is 1.63. The third-order valence-electron chi connectivity index (χ3n) is 4.19. The fraction of sp³-hybridized carbons (Fsp3) is 0.263. The largest absolute Gasteiger partial charge is 0.379 e. The fourth-order valence-electron chi connectivity index (χ4n) is 2.72. The maximum atomic E-state index is 12.7. The zero-order chi connectivity index (χ0) is 20.0. The molecule has 146 valence electrons. The van der Waals surface area contributed by atoms with Gasteiger partial charge in [-0.3, -0.25) is 4.79 Å². The summed E-state index contributed by atoms with van der Waals surface area (Å²) in [7, 11) is -3.59. The Hall–Kier alpha value is -2.93. The Morgan fingerprint density at radius 2 is 1.82 bits per heavy atom. The van der Waals surface area contributed by atoms with Gasteiger partial charge in [-0.05, 0) is 42.5 Å². The Morgan fingerprint density at radius 1 is 1.11 bits per heavy atom. The van der Waals surface area contributed by atoms with Gasteiger partial charge in [0.15, 0.2) is 0 Å². The predicted molar refractivity (Wildman–Crippen MR) is 104 cm³/mol. The van der Waals surface area contributed by atoms with Crippen molar-refractivity contribution < 1.29 is 17.9 Å². The van der Waals surface area contributed by atoms with Crippen LogP contribution in [0.1, 0.15) is 5.56 Å². The summed E-state index contributed by atoms with van der Waals surface area (Å²) in [4.78, 5) is 12.3. The minimum absolute atomic E-state index is 0.0267. The minimum atomic E-state index is -3.59. The summed E-state index contributed by atoms with van der Waals surface area (Å²) >= 11 is 0. The number of carbonyl (C=O) groups is 1. The molecule has 1 aliphatic rings. The number of morpholine rings is 1. The first-order chi connectivity index (χ1) is 13.5. The van der Waals surface area contributed by atoms with Crippen molar-refractivity contribution in [2.75, 3.05) is 43.5 Å². The van der Waals surface area contributed by atoms with Crippen LogP contribution in [0.3, 0.4) is 0 Å². The van der Waals surface area contributed by atoms with Crippen LogP contribution in [0.4, 0.5) is 11.4 Å². The number of rotatable bonds is 6. The Bertz CT molecular complexity index is 978. The quantitative estimate of drug-likeness (QED) is 0.762. The molecule has 2 N–H and O–H groups in total. The maximum absolute atomic E-state index is 12.7. The SMILES string of the molecule is N#Cc1ccc(NC(=O)CNc2cccc(S(=O)(=O)N3CCOCC3)c2)cc1. The van der Waals surface area contributed by atoms with Gasteiger partial charge in [-0.2, -0.15) is 9.57 Å². The van der Waals surface area contributed by atoms with Crippen LogP contribution in [0.25, 0.3) is 0 Å². The molecule has 0 bridgehead atoms. The number of anilines is 2. The van der Waals surface area contributed by atoms with Crippen LogP contribution >= 0.6 is 0 Å². The van der Waals surface area contributed by atoms with Crippen molar-refractivity contribution in [3.8, 4) is 6.07 Å². The number of nitrogens with one attached hydrogen (secondary N) is 2. The fourth-order valence-corrected chi connectivity index (χ4v) is 4.17. The molecule has 1 fully saturated rings. The summed E-state index contributed by atoms with van der Waals surface area (Å²) in [6, 6.07) is 14.9. The molecule has 0 atom stereocenters. The zero-order valence-electron chi connectivity index (χ0n) is 15.1. The van der Waals surface area contributed by atoms with Gasteiger partial charge in [0.25, 0.3) is 0 Å². The lowest BCUT2D eigenvalue weighted by Crippen LogP contribution is -2.40. The first-order valence-electron chi connectivity index (χ1n) is 8.71. The van der Waals surface area contributed by atoms with E-state index < -0.39 is 10.0 Å². The van der Waals surface area contributed by atoms with Gasteiger partial charge in [-0.1, -0.05) is 6.07 Å². The molecular formula is C19H20N4O4S. The smallest absolute Gasteiger partial charge is 0.243 e. The zero-order valence-corrected chi connectivity index (χ0v) is 15.9. The molecule has 0 aromatic heterocycles. The van der Waals surface area contributed by atoms with Crippen molar-refractivity contribution in [1.82, 2.24) is 4.31 Å². The van der Waals surface area contributed by atoms with E-state index in [2.05, 4.69) is 10.6 Å². The molecule has 28 heavy (non-hydrogen) atoms. The molecule has 9 heteroatoms. The monoisotopic (exact) mass is 400 g/mol. The molecule has 0 aliphatic carbocycles. The van der Waals surface area contributed by atoms with E-state index in [0.29, 0.717) is 43.2 Å². The Labute approximate surface area is 163 Å². The Morgan fingerprint density at radius 3 is 2.50 bits per heavy atom. The van der Waals surface area contributed by atoms with E-state index in [0.717, 1.165) is 0 Å². The number of amides is 1. The van der Waals surface area contributed by atoms with Gasteiger partial charge < -0.3 is 15.4 Å². The van der Waals surface area contributed by atoms with Crippen molar-refractivity contribution in [2.45, 2.75) is 4.90 Å². The lowest BCUT2D eigenvalue weighted by atomic mass is 10.2. The molecule has 0 saturated carbocycles. The highest BCUT2D eigenvalue weighted by Gasteiger charge is 2.26. The average Bonchev–Trinajstić information content (AvgIpc) is 2.74. The van der Waals surface area contributed by atoms with Gasteiger partial charge in [0.05, 0.1) is 36.3 Å². The van der Waals surface area contributed by atoms with Crippen LogP contribution in [-0.4, -0.2) is 51.5 Å². The highest BCUT2D eigenvalue weighted by atomic mass is 32.2. The first kappa shape index (κ1) is 19.8. The van der Waals surface area contributed by atoms with Crippen LogP contribution in [0, 0.1) is 11.3 Å². The molecule has 0 unspecified atom stereocenters. The number of carbonyl (C=O) groups excluding carboxylic acids is 1. The number of ether oxygens (including phenoxy) is 1. The number of hydrogen-bond acceptors (Lipinski definition) is 6. The molecule has 1 aliphatic heterocycles. The van der Waals surface area contributed by atoms with Gasteiger partial charge in [0.2, 0.25) is 15.9 Å². The van der Waals surface area contributed by atoms with Crippen molar-refractivity contribution >= 4 is 27.3 Å². The van der Waals surface area contributed by atoms with E-state index in [1.54, 1.807) is 36.4 Å². The molecule has 2 aromatic carbocycles. The van der Waals surface area contributed by atoms with Gasteiger partial charge in [-0.25, -0.2) is 8.42 Å². The second-order valence-corrected chi connectivity index (χ2v) is 8.07. The van der Waals surface area contributed by atoms with E-state index in [4.69, 9.17) is 10.00 Å². The van der Waals surface area contributed by atoms with Gasteiger partial charge in [0, 0.05) is 24.5 Å². The van der Waals surface area contributed by atoms with Crippen molar-refractivity contribution in [2.24, 2.45) is 0 Å². The molecule has 1 amide bonds. The number of hydrogen-bond donors (Lipinski definition) is 2. The summed E-state index contributed by atoms with van der Waals surface area (Å²) in [5.41, 5.74) is 1.62. The summed E-state index contributed by atoms with van der Waals surface area (Å²) < 4.78 is 32.0. The average molecular weight is 400 g/mol. The van der Waals surface area contributed by atoms with Crippen LogP contribution in [0.15, 0.2) is 53.4 Å². The van der Waals surface area contributed by atoms with E-state index in [1.165, 1.54) is 16.4 Å². The summed E-state index contributed by atoms with van der Waals surface area (Å²) in [6.07, 6.45) is 0. The number of sulfonamides is 1. The topological polar surface area (TPSA) is 112 Å². The van der Waals surface area contributed by atoms with Gasteiger partial charge >= 0.3 is 0 Å². The maximum Gasteiger partial charge on any atom is 0.243 e. The molecule has 1 saturated heterocycles. The molecule has 3 rings (SSSR count). The molecule has 1 heterocycles. The van der Waals surface area contributed by atoms with Gasteiger partial charge in [0.1, 0.15) is 0 Å². The summed E-state index contributed by atoms with van der Waals surface area (Å²) in [5.74, 6) is -0.286. The summed E-state index contributed by atoms with van der Waals surface area (Å²) in [5, 5.41) is 14.4. The first-order valence-corrected chi connectivity index (χ1v) is 10.1. The number of nitriles is 1. The van der Waals surface area contributed by atoms with Crippen molar-refractivity contribution in [3.05, 3.63) is 54.1 Å². The van der Waals surface area contributed by atoms with Crippen molar-refractivity contribution in [3.63, 3.8) is 0 Å². The number of benzene rings is 2. The molecule has 8 nitrogen and oxygen atoms in total. The van der Waals surface area contributed by atoms with Crippen molar-refractivity contribution in [1.29, 1.82) is 5.26 Å². The van der Waals surface area contributed by atoms with E-state index in [1.807, 2.05) is 6.07 Å². The lowest BCUT2D eigenvalue weighted by Gasteiger charge is -2.26. The normalized spacial score (nSPS) is 14.8. The van der Waals surface area contributed by atoms with Crippen LogP contribution in [0.2, 0.25) is 0 Å². The summed E-state index contributed by atoms with van der Waals surface area (Å²) in [6.45, 7) is 1.39. The second kappa shape index (κ2) is 8.84. The Kier molecular flexibility index (Phi) is 6.26. The standard InChI is InChI=1S/C19H20N4O4S/c20-13-15-4-6-16(7-5-15)22-19(24)14-21-17-2-1-3-18(12-17)28(25,26)23-8-10-27-11-9-23/h1-7,12,21H,8-11,14H2,(H,22,24). The third-order valence-corrected chi connectivity index (χ3v) is 6.09. The molecule has 0 spiro atoms. The minimum Gasteiger partial charge on any atom is -0.379 e. The molecular weight excluding hydrogens is 380 g/mol. The second-order valence-electron chi connectivity index (χ2n) is 6.14. The highest BCUT2D eigenvalue weighted by Crippen LogP contribution is 2.20. The highest BCUT2D eigenvalue weighted by molar-refractivity contribution is 7.89. The van der Waals surface area contributed by atoms with Crippen LogP contribution in [0.5, 0.6) is 0 Å². The third kappa shape index (κ3) is 4.86. The number of nitrogens with zero attached hydrogens (tertiary/aromatic N) is 2. The molecule has 0 radical (unpaired) electrons. The van der Waals surface area contributed by atoms with E-state index in [9.17, 15) is 13.2 Å². The van der Waals surface area contributed by atoms with Crippen LogP contribution in [-0.2, 0) is 19.6 Å². The van der Waals surface area contributed by atoms with Gasteiger partial charge in [-0.15, -0.1) is 0 Å². The van der Waals surface area contributed by atoms with E-state index in [-0.39, 0.29) is 17.3 Å². The van der Waals surface area contributed by atoms with E-state index >= 15 is 0 Å². The lowest BCUT2D eigenvalue weighted by molar-refractivity contribution is -0.114. The Balaban J connectivity index is 1.61. The molecule has 2 aromatic rings. The van der Waals surface area contributed by atoms with Crippen LogP contribution < -0.4 is 10.6 Å².